The molecule has 1 fully saturated rings. The van der Waals surface area contributed by atoms with Crippen LogP contribution in [-0.4, -0.2) is 57.9 Å². The summed E-state index contributed by atoms with van der Waals surface area (Å²) in [6.45, 7) is 0.938. The van der Waals surface area contributed by atoms with E-state index in [4.69, 9.17) is 33.7 Å². The van der Waals surface area contributed by atoms with E-state index in [1.165, 1.54) is 40.5 Å². The van der Waals surface area contributed by atoms with Gasteiger partial charge < -0.3 is 15.4 Å². The van der Waals surface area contributed by atoms with Crippen LogP contribution in [0.3, 0.4) is 0 Å². The van der Waals surface area contributed by atoms with Crippen LogP contribution in [-0.2, 0) is 14.8 Å². The third kappa shape index (κ3) is 4.45. The van der Waals surface area contributed by atoms with E-state index >= 15 is 0 Å². The largest absolute Gasteiger partial charge is 0.379 e. The summed E-state index contributed by atoms with van der Waals surface area (Å²) in [5.41, 5.74) is 5.97. The molecule has 2 amide bonds. The van der Waals surface area contributed by atoms with Crippen molar-refractivity contribution in [3.63, 3.8) is 0 Å². The van der Waals surface area contributed by atoms with Gasteiger partial charge in [0.1, 0.15) is 4.90 Å². The lowest BCUT2D eigenvalue weighted by atomic mass is 10.1. The van der Waals surface area contributed by atoms with Crippen LogP contribution in [0.5, 0.6) is 0 Å². The highest BCUT2D eigenvalue weighted by Gasteiger charge is 2.30. The number of nitrogens with zero attached hydrogens (tertiary/aromatic N) is 2. The Balaban J connectivity index is 1.96. The van der Waals surface area contributed by atoms with Crippen molar-refractivity contribution in [2.45, 2.75) is 4.90 Å². The molecule has 3 rings (SSSR count). The topological polar surface area (TPSA) is 110 Å². The van der Waals surface area contributed by atoms with E-state index < -0.39 is 21.8 Å². The average Bonchev–Trinajstić information content (AvgIpc) is 2.73. The number of rotatable bonds is 5. The van der Waals surface area contributed by atoms with Gasteiger partial charge in [0.2, 0.25) is 15.9 Å². The number of amides is 2. The highest BCUT2D eigenvalue weighted by molar-refractivity contribution is 7.89. The minimum absolute atomic E-state index is 0.0191. The quantitative estimate of drug-likeness (QED) is 0.719. The molecule has 1 heterocycles. The molecule has 0 aromatic heterocycles. The summed E-state index contributed by atoms with van der Waals surface area (Å²) in [6, 6.07) is 8.50. The lowest BCUT2D eigenvalue weighted by Crippen LogP contribution is -2.40. The van der Waals surface area contributed by atoms with Crippen molar-refractivity contribution in [3.05, 3.63) is 57.6 Å². The molecule has 0 saturated carbocycles. The Morgan fingerprint density at radius 3 is 2.23 bits per heavy atom. The molecule has 160 valence electrons. The maximum atomic E-state index is 13.0. The van der Waals surface area contributed by atoms with Crippen molar-refractivity contribution in [2.24, 2.45) is 5.73 Å². The molecule has 30 heavy (non-hydrogen) atoms. The first-order valence-electron chi connectivity index (χ1n) is 8.88. The van der Waals surface area contributed by atoms with E-state index in [1.807, 2.05) is 0 Å². The SMILES string of the molecule is CN(C(=O)c1cc(S(=O)(=O)N2CCOCC2)c(Cl)cc1Cl)c1ccc(C(N)=O)cc1. The summed E-state index contributed by atoms with van der Waals surface area (Å²) < 4.78 is 32.5. The highest BCUT2D eigenvalue weighted by atomic mass is 35.5. The molecule has 0 spiro atoms. The summed E-state index contributed by atoms with van der Waals surface area (Å²) in [5.74, 6) is -1.13. The second-order valence-electron chi connectivity index (χ2n) is 6.55. The zero-order valence-corrected chi connectivity index (χ0v) is 18.3. The summed E-state index contributed by atoms with van der Waals surface area (Å²) in [4.78, 5) is 25.3. The van der Waals surface area contributed by atoms with E-state index in [1.54, 1.807) is 12.1 Å². The van der Waals surface area contributed by atoms with Crippen molar-refractivity contribution < 1.29 is 22.7 Å². The Labute approximate surface area is 184 Å². The first kappa shape index (κ1) is 22.5. The fourth-order valence-electron chi connectivity index (χ4n) is 2.96. The number of halogens is 2. The second kappa shape index (κ2) is 8.91. The number of nitrogens with two attached hydrogens (primary N) is 1. The Hall–Kier alpha value is -2.17. The summed E-state index contributed by atoms with van der Waals surface area (Å²) in [5, 5.41) is -0.0527. The Kier molecular flexibility index (Phi) is 6.68. The van der Waals surface area contributed by atoms with E-state index in [0.29, 0.717) is 11.3 Å². The van der Waals surface area contributed by atoms with E-state index in [0.717, 1.165) is 0 Å². The number of benzene rings is 2. The molecule has 0 radical (unpaired) electrons. The van der Waals surface area contributed by atoms with Gasteiger partial charge in [-0.15, -0.1) is 0 Å². The van der Waals surface area contributed by atoms with Crippen LogP contribution in [0.25, 0.3) is 0 Å². The van der Waals surface area contributed by atoms with Gasteiger partial charge in [-0.25, -0.2) is 8.42 Å². The van der Waals surface area contributed by atoms with Crippen LogP contribution in [0.1, 0.15) is 20.7 Å². The minimum atomic E-state index is -3.93. The van der Waals surface area contributed by atoms with Gasteiger partial charge in [0.05, 0.1) is 28.8 Å². The number of sulfonamides is 1. The lowest BCUT2D eigenvalue weighted by molar-refractivity contribution is 0.0730. The van der Waals surface area contributed by atoms with Crippen molar-refractivity contribution in [3.8, 4) is 0 Å². The Morgan fingerprint density at radius 1 is 1.07 bits per heavy atom. The summed E-state index contributed by atoms with van der Waals surface area (Å²) >= 11 is 12.4. The number of ether oxygens (including phenoxy) is 1. The second-order valence-corrected chi connectivity index (χ2v) is 9.27. The zero-order valence-electron chi connectivity index (χ0n) is 16.0. The van der Waals surface area contributed by atoms with Crippen LogP contribution in [0.4, 0.5) is 5.69 Å². The van der Waals surface area contributed by atoms with Crippen LogP contribution in [0.15, 0.2) is 41.3 Å². The molecule has 8 nitrogen and oxygen atoms in total. The predicted molar refractivity (Wildman–Crippen MR) is 114 cm³/mol. The monoisotopic (exact) mass is 471 g/mol. The van der Waals surface area contributed by atoms with Gasteiger partial charge in [-0.1, -0.05) is 23.2 Å². The van der Waals surface area contributed by atoms with Crippen LogP contribution in [0.2, 0.25) is 10.0 Å². The number of hydrogen-bond acceptors (Lipinski definition) is 5. The number of primary amides is 1. The maximum Gasteiger partial charge on any atom is 0.259 e. The molecule has 2 aromatic carbocycles. The normalized spacial score (nSPS) is 15.0. The molecule has 0 atom stereocenters. The van der Waals surface area contributed by atoms with Gasteiger partial charge in [-0.2, -0.15) is 4.31 Å². The van der Waals surface area contributed by atoms with Gasteiger partial charge in [-0.05, 0) is 36.4 Å². The molecule has 1 aliphatic rings. The molecular weight excluding hydrogens is 453 g/mol. The standard InChI is InChI=1S/C19H19Cl2N3O5S/c1-23(13-4-2-12(3-5-13)18(22)25)19(26)14-10-17(16(21)11-15(14)20)30(27,28)24-6-8-29-9-7-24/h2-5,10-11H,6-9H2,1H3,(H2,22,25). The van der Waals surface area contributed by atoms with Crippen LogP contribution >= 0.6 is 23.2 Å². The Bertz CT molecular complexity index is 1080. The van der Waals surface area contributed by atoms with Gasteiger partial charge in [0, 0.05) is 31.4 Å². The van der Waals surface area contributed by atoms with Crippen molar-refractivity contribution in [1.82, 2.24) is 4.31 Å². The van der Waals surface area contributed by atoms with Crippen molar-refractivity contribution >= 4 is 50.7 Å². The van der Waals surface area contributed by atoms with Gasteiger partial charge in [0.25, 0.3) is 5.91 Å². The van der Waals surface area contributed by atoms with Gasteiger partial charge >= 0.3 is 0 Å². The molecule has 1 aliphatic heterocycles. The minimum Gasteiger partial charge on any atom is -0.379 e. The van der Waals surface area contributed by atoms with E-state index in [9.17, 15) is 18.0 Å². The number of anilines is 1. The first-order valence-corrected chi connectivity index (χ1v) is 11.1. The predicted octanol–water partition coefficient (Wildman–Crippen LogP) is 2.39. The lowest BCUT2D eigenvalue weighted by Gasteiger charge is -2.27. The van der Waals surface area contributed by atoms with Crippen LogP contribution in [0, 0.1) is 0 Å². The Morgan fingerprint density at radius 2 is 1.67 bits per heavy atom. The van der Waals surface area contributed by atoms with E-state index in [2.05, 4.69) is 0 Å². The number of morpholine rings is 1. The number of carbonyl (C=O) groups is 2. The molecule has 0 unspecified atom stereocenters. The number of carbonyl (C=O) groups excluding carboxylic acids is 2. The molecular formula is C19H19Cl2N3O5S. The zero-order chi connectivity index (χ0) is 22.1. The van der Waals surface area contributed by atoms with Gasteiger partial charge in [0.15, 0.2) is 0 Å². The number of hydrogen-bond donors (Lipinski definition) is 1. The summed E-state index contributed by atoms with van der Waals surface area (Å²) in [6.07, 6.45) is 0. The molecule has 0 bridgehead atoms. The van der Waals surface area contributed by atoms with Crippen LogP contribution < -0.4 is 10.6 Å². The molecule has 11 heteroatoms. The average molecular weight is 472 g/mol. The molecule has 1 saturated heterocycles. The third-order valence-corrected chi connectivity index (χ3v) is 7.36. The molecule has 2 N–H and O–H groups in total. The smallest absolute Gasteiger partial charge is 0.259 e. The third-order valence-electron chi connectivity index (χ3n) is 4.68. The summed E-state index contributed by atoms with van der Waals surface area (Å²) in [7, 11) is -2.43. The van der Waals surface area contributed by atoms with Crippen molar-refractivity contribution in [2.75, 3.05) is 38.3 Å². The maximum absolute atomic E-state index is 13.0. The molecule has 0 aliphatic carbocycles. The van der Waals surface area contributed by atoms with E-state index in [-0.39, 0.29) is 46.8 Å². The molecule has 2 aromatic rings. The van der Waals surface area contributed by atoms with Crippen molar-refractivity contribution in [1.29, 1.82) is 0 Å². The fourth-order valence-corrected chi connectivity index (χ4v) is 5.20. The fraction of sp³-hybridized carbons (Fsp3) is 0.263. The first-order chi connectivity index (χ1) is 14.1. The highest BCUT2D eigenvalue weighted by Crippen LogP contribution is 2.32. The van der Waals surface area contributed by atoms with Gasteiger partial charge in [-0.3, -0.25) is 9.59 Å².